The Balaban J connectivity index is 2.19. The molecule has 0 spiro atoms. The number of nitro benzene ring substituents is 1. The molecule has 2 aromatic rings. The number of non-ortho nitro benzene ring substituents is 1. The highest BCUT2D eigenvalue weighted by Crippen LogP contribution is 2.39. The third-order valence-electron chi connectivity index (χ3n) is 2.70. The van der Waals surface area contributed by atoms with Crippen molar-refractivity contribution in [2.45, 2.75) is 0 Å². The van der Waals surface area contributed by atoms with Gasteiger partial charge in [-0.25, -0.2) is 4.99 Å². The van der Waals surface area contributed by atoms with Gasteiger partial charge in [0.1, 0.15) is 16.6 Å². The zero-order chi connectivity index (χ0) is 13.4. The summed E-state index contributed by atoms with van der Waals surface area (Å²) in [6.07, 6.45) is 0. The fourth-order valence-corrected chi connectivity index (χ4v) is 2.04. The van der Waals surface area contributed by atoms with E-state index in [1.807, 2.05) is 12.1 Å². The van der Waals surface area contributed by atoms with Crippen LogP contribution in [0.3, 0.4) is 0 Å². The number of aliphatic imine (C=N–C) groups is 1. The van der Waals surface area contributed by atoms with E-state index in [2.05, 4.69) is 4.99 Å². The molecule has 0 saturated carbocycles. The largest absolute Gasteiger partial charge is 0.454 e. The number of hydrogen-bond donors (Lipinski definition) is 0. The summed E-state index contributed by atoms with van der Waals surface area (Å²) >= 11 is 6.10. The minimum Gasteiger partial charge on any atom is -0.454 e. The number of hydrogen-bond acceptors (Lipinski definition) is 4. The van der Waals surface area contributed by atoms with Gasteiger partial charge in [-0.2, -0.15) is 0 Å². The fourth-order valence-electron chi connectivity index (χ4n) is 1.80. The second-order valence-electron chi connectivity index (χ2n) is 3.91. The molecule has 0 aliphatic carbocycles. The van der Waals surface area contributed by atoms with Crippen molar-refractivity contribution in [1.29, 1.82) is 0 Å². The first kappa shape index (κ1) is 11.7. The molecule has 3 rings (SSSR count). The molecule has 0 N–H and O–H groups in total. The highest BCUT2D eigenvalue weighted by Gasteiger charge is 2.19. The molecular formula is C13H7ClN2O3. The first-order valence-electron chi connectivity index (χ1n) is 5.45. The Labute approximate surface area is 113 Å². The van der Waals surface area contributed by atoms with E-state index < -0.39 is 4.92 Å². The first-order chi connectivity index (χ1) is 9.15. The average Bonchev–Trinajstić information content (AvgIpc) is 2.54. The van der Waals surface area contributed by atoms with Crippen molar-refractivity contribution in [2.75, 3.05) is 0 Å². The lowest BCUT2D eigenvalue weighted by atomic mass is 10.2. The topological polar surface area (TPSA) is 64.7 Å². The molecule has 6 heteroatoms. The summed E-state index contributed by atoms with van der Waals surface area (Å²) < 4.78 is 5.69. The number of nitrogens with zero attached hydrogens (tertiary/aromatic N) is 2. The van der Waals surface area contributed by atoms with Gasteiger partial charge in [0.15, 0.2) is 5.75 Å². The Morgan fingerprint density at radius 1 is 1.16 bits per heavy atom. The lowest BCUT2D eigenvalue weighted by Crippen LogP contribution is -1.96. The number of ether oxygens (including phenoxy) is 1. The van der Waals surface area contributed by atoms with Crippen LogP contribution in [0.15, 0.2) is 47.5 Å². The van der Waals surface area contributed by atoms with E-state index in [1.165, 1.54) is 18.2 Å². The van der Waals surface area contributed by atoms with Crippen molar-refractivity contribution >= 4 is 28.1 Å². The minimum absolute atomic E-state index is 0.0540. The SMILES string of the molecule is O=[N+]([O-])c1ccc2c(c1)C(Cl)=Nc1ccccc1O2. The average molecular weight is 275 g/mol. The Bertz CT molecular complexity index is 713. The van der Waals surface area contributed by atoms with Gasteiger partial charge in [0, 0.05) is 12.1 Å². The molecule has 1 aliphatic rings. The van der Waals surface area contributed by atoms with E-state index >= 15 is 0 Å². The summed E-state index contributed by atoms with van der Waals surface area (Å²) in [6, 6.07) is 11.4. The van der Waals surface area contributed by atoms with E-state index in [1.54, 1.807) is 12.1 Å². The summed E-state index contributed by atoms with van der Waals surface area (Å²) in [5.41, 5.74) is 0.945. The zero-order valence-electron chi connectivity index (χ0n) is 9.54. The number of rotatable bonds is 1. The molecule has 2 aromatic carbocycles. The van der Waals surface area contributed by atoms with Crippen LogP contribution in [0.1, 0.15) is 5.56 Å². The van der Waals surface area contributed by atoms with Gasteiger partial charge in [0.25, 0.3) is 5.69 Å². The highest BCUT2D eigenvalue weighted by molar-refractivity contribution is 6.70. The molecule has 0 fully saturated rings. The van der Waals surface area contributed by atoms with Crippen molar-refractivity contribution in [1.82, 2.24) is 0 Å². The Hall–Kier alpha value is -2.40. The van der Waals surface area contributed by atoms with E-state index in [0.29, 0.717) is 22.7 Å². The van der Waals surface area contributed by atoms with Crippen LogP contribution in [0.5, 0.6) is 11.5 Å². The molecule has 0 atom stereocenters. The predicted molar refractivity (Wildman–Crippen MR) is 71.7 cm³/mol. The predicted octanol–water partition coefficient (Wildman–Crippen LogP) is 4.02. The van der Waals surface area contributed by atoms with Crippen molar-refractivity contribution in [3.05, 3.63) is 58.1 Å². The zero-order valence-corrected chi connectivity index (χ0v) is 10.3. The van der Waals surface area contributed by atoms with Gasteiger partial charge in [0.2, 0.25) is 0 Å². The standard InChI is InChI=1S/C13H7ClN2O3/c14-13-9-7-8(16(17)18)5-6-11(9)19-12-4-2-1-3-10(12)15-13/h1-7H. The molecule has 0 amide bonds. The number of nitro groups is 1. The summed E-state index contributed by atoms with van der Waals surface area (Å²) in [4.78, 5) is 14.5. The van der Waals surface area contributed by atoms with E-state index in [9.17, 15) is 10.1 Å². The lowest BCUT2D eigenvalue weighted by molar-refractivity contribution is -0.384. The Morgan fingerprint density at radius 2 is 1.95 bits per heavy atom. The maximum atomic E-state index is 10.8. The Kier molecular flexibility index (Phi) is 2.68. The number of benzene rings is 2. The van der Waals surface area contributed by atoms with Crippen LogP contribution < -0.4 is 4.74 Å². The minimum atomic E-state index is -0.484. The summed E-state index contributed by atoms with van der Waals surface area (Å²) in [6.45, 7) is 0. The first-order valence-corrected chi connectivity index (χ1v) is 5.83. The summed E-state index contributed by atoms with van der Waals surface area (Å²) in [5, 5.41) is 10.9. The van der Waals surface area contributed by atoms with Crippen molar-refractivity contribution in [3.63, 3.8) is 0 Å². The molecule has 0 aromatic heterocycles. The summed E-state index contributed by atoms with van der Waals surface area (Å²) in [5.74, 6) is 1.01. The molecule has 0 saturated heterocycles. The second-order valence-corrected chi connectivity index (χ2v) is 4.27. The smallest absolute Gasteiger partial charge is 0.270 e. The van der Waals surface area contributed by atoms with Crippen molar-refractivity contribution in [2.24, 2.45) is 4.99 Å². The quantitative estimate of drug-likeness (QED) is 0.583. The van der Waals surface area contributed by atoms with Crippen LogP contribution in [0, 0.1) is 10.1 Å². The highest BCUT2D eigenvalue weighted by atomic mass is 35.5. The fraction of sp³-hybridized carbons (Fsp3) is 0. The molecule has 1 heterocycles. The van der Waals surface area contributed by atoms with Gasteiger partial charge < -0.3 is 4.74 Å². The maximum Gasteiger partial charge on any atom is 0.270 e. The maximum absolute atomic E-state index is 10.8. The molecule has 5 nitrogen and oxygen atoms in total. The molecule has 94 valence electrons. The van der Waals surface area contributed by atoms with E-state index in [4.69, 9.17) is 16.3 Å². The molecule has 0 radical (unpaired) electrons. The molecular weight excluding hydrogens is 268 g/mol. The third kappa shape index (κ3) is 2.04. The number of para-hydroxylation sites is 2. The second kappa shape index (κ2) is 4.37. The molecule has 19 heavy (non-hydrogen) atoms. The molecule has 1 aliphatic heterocycles. The lowest BCUT2D eigenvalue weighted by Gasteiger charge is -2.07. The van der Waals surface area contributed by atoms with Crippen LogP contribution in [0.25, 0.3) is 0 Å². The molecule has 0 unspecified atom stereocenters. The van der Waals surface area contributed by atoms with Crippen molar-refractivity contribution < 1.29 is 9.66 Å². The van der Waals surface area contributed by atoms with Crippen LogP contribution in [-0.4, -0.2) is 10.1 Å². The van der Waals surface area contributed by atoms with Crippen LogP contribution >= 0.6 is 11.6 Å². The number of halogens is 1. The Morgan fingerprint density at radius 3 is 2.74 bits per heavy atom. The van der Waals surface area contributed by atoms with Gasteiger partial charge in [0.05, 0.1) is 10.5 Å². The van der Waals surface area contributed by atoms with Gasteiger partial charge in [-0.3, -0.25) is 10.1 Å². The summed E-state index contributed by atoms with van der Waals surface area (Å²) in [7, 11) is 0. The van der Waals surface area contributed by atoms with E-state index in [0.717, 1.165) is 0 Å². The van der Waals surface area contributed by atoms with Crippen LogP contribution in [0.2, 0.25) is 0 Å². The van der Waals surface area contributed by atoms with Crippen molar-refractivity contribution in [3.8, 4) is 11.5 Å². The van der Waals surface area contributed by atoms with Gasteiger partial charge in [-0.1, -0.05) is 23.7 Å². The van der Waals surface area contributed by atoms with Gasteiger partial charge >= 0.3 is 0 Å². The van der Waals surface area contributed by atoms with Gasteiger partial charge in [-0.15, -0.1) is 0 Å². The van der Waals surface area contributed by atoms with Gasteiger partial charge in [-0.05, 0) is 18.2 Å². The van der Waals surface area contributed by atoms with Crippen LogP contribution in [-0.2, 0) is 0 Å². The van der Waals surface area contributed by atoms with Crippen LogP contribution in [0.4, 0.5) is 11.4 Å². The monoisotopic (exact) mass is 274 g/mol. The number of fused-ring (bicyclic) bond motifs is 2. The van der Waals surface area contributed by atoms with E-state index in [-0.39, 0.29) is 10.9 Å². The normalized spacial score (nSPS) is 12.6. The molecule has 0 bridgehead atoms. The third-order valence-corrected chi connectivity index (χ3v) is 2.99.